The Hall–Kier alpha value is 1.61. The van der Waals surface area contributed by atoms with Gasteiger partial charge in [0.1, 0.15) is 0 Å². The molecule has 10 saturated heterocycles. The minimum Gasteiger partial charge on any atom is 0 e. The van der Waals surface area contributed by atoms with Crippen LogP contribution in [-0.2, 0) is 26.9 Å². The molecule has 10 aliphatic heterocycles. The van der Waals surface area contributed by atoms with E-state index in [1.165, 1.54) is 43.3 Å². The third-order valence-electron chi connectivity index (χ3n) is 14.8. The van der Waals surface area contributed by atoms with Gasteiger partial charge in [-0.2, -0.15) is 0 Å². The molecule has 0 aromatic rings. The summed E-state index contributed by atoms with van der Waals surface area (Å²) in [6.07, 6.45) is 0. The van der Waals surface area contributed by atoms with Gasteiger partial charge in [-0.25, -0.2) is 0 Å². The van der Waals surface area contributed by atoms with Gasteiger partial charge in [0, 0.05) is 20.4 Å². The third-order valence-corrected chi connectivity index (χ3v) is 62.8. The van der Waals surface area contributed by atoms with Gasteiger partial charge in [0.25, 0.3) is 0 Å². The molecule has 0 saturated carbocycles. The van der Waals surface area contributed by atoms with Crippen LogP contribution in [0.1, 0.15) is 0 Å². The molecular weight excluding hydrogens is 313 g/mol. The van der Waals surface area contributed by atoms with Gasteiger partial charge >= 0.3 is 63.2 Å². The van der Waals surface area contributed by atoms with E-state index in [0.29, 0.717) is 0 Å². The predicted molar refractivity (Wildman–Crippen MR) is 46.2 cm³/mol. The standard InChI is InChI=1S/C5H6P.C5H5.Fe.Pd/c6-5-3-1-2-4-5;1-2-4-5-3-1;;/h1-4H,6H2;1-5H;;. The molecule has 0 aromatic carbocycles. The zero-order valence-electron chi connectivity index (χ0n) is 6.94. The van der Waals surface area contributed by atoms with Crippen molar-refractivity contribution in [3.05, 3.63) is 0 Å². The first-order valence-electron chi connectivity index (χ1n) is 5.55. The molecule has 1 spiro atoms. The minimum absolute atomic E-state index is 0. The molecule has 0 radical (unpaired) electrons. The summed E-state index contributed by atoms with van der Waals surface area (Å²) < 4.78 is 1.11. The fourth-order valence-electron chi connectivity index (χ4n) is 16.3. The van der Waals surface area contributed by atoms with Crippen LogP contribution in [0.5, 0.6) is 0 Å². The molecule has 10 fully saturated rings. The van der Waals surface area contributed by atoms with E-state index in [4.69, 9.17) is 0 Å². The summed E-state index contributed by atoms with van der Waals surface area (Å²) >= 11 is 0. The third kappa shape index (κ3) is 0.0398. The smallest absolute Gasteiger partial charge is 0 e. The van der Waals surface area contributed by atoms with Crippen LogP contribution in [0.4, 0.5) is 0 Å². The first-order chi connectivity index (χ1) is 5.55. The van der Waals surface area contributed by atoms with Crippen molar-refractivity contribution in [2.75, 3.05) is 0 Å². The Balaban J connectivity index is 0.000000441. The molecule has 10 aliphatic rings. The average Bonchev–Trinajstić information content (AvgIpc) is 2.97. The van der Waals surface area contributed by atoms with Crippen LogP contribution in [0.15, 0.2) is 0 Å². The second-order valence-corrected chi connectivity index (χ2v) is 34.8. The number of hydrogen-bond acceptors (Lipinski definition) is 0. The Bertz CT molecular complexity index is 760. The predicted octanol–water partition coefficient (Wildman–Crippen LogP) is 3.16. The Kier molecular flexibility index (Phi) is 0.139. The molecule has 5 atom stereocenters. The Morgan fingerprint density at radius 3 is 1.15 bits per heavy atom. The van der Waals surface area contributed by atoms with Crippen LogP contribution >= 0.6 is 9.24 Å². The molecule has 0 N–H and O–H groups in total. The van der Waals surface area contributed by atoms with Gasteiger partial charge in [0.05, 0.1) is 0 Å². The number of hydrogen-bond donors (Lipinski definition) is 0. The van der Waals surface area contributed by atoms with Crippen molar-refractivity contribution >= 4 is 9.24 Å². The van der Waals surface area contributed by atoms with Gasteiger partial charge in [-0.3, -0.25) is 0 Å². The van der Waals surface area contributed by atoms with E-state index >= 15 is 0 Å². The topological polar surface area (TPSA) is 0 Å². The summed E-state index contributed by atoms with van der Waals surface area (Å²) in [7, 11) is 3.49. The minimum atomic E-state index is -2.49. The summed E-state index contributed by atoms with van der Waals surface area (Å²) in [4.78, 5) is 13.8. The van der Waals surface area contributed by atoms with E-state index in [1.54, 1.807) is 0 Å². The quantitative estimate of drug-likeness (QED) is 0.474. The summed E-state index contributed by atoms with van der Waals surface area (Å²) in [5, 5.41) is 0. The maximum atomic E-state index is 3.49. The molecule has 13 heavy (non-hydrogen) atoms. The Labute approximate surface area is 83.1 Å². The monoisotopic (exact) mass is 324 g/mol. The molecule has 3 heteroatoms. The molecule has 0 amide bonds. The van der Waals surface area contributed by atoms with Gasteiger partial charge in [0.2, 0.25) is 0 Å². The summed E-state index contributed by atoms with van der Waals surface area (Å²) in [5.74, 6) is 0. The maximum absolute atomic E-state index is 3.49. The molecule has 74 valence electrons. The van der Waals surface area contributed by atoms with Crippen molar-refractivity contribution in [1.29, 1.82) is 0 Å². The number of fused-ring (bicyclic) bond motifs is 10. The van der Waals surface area contributed by atoms with Crippen molar-refractivity contribution in [3.8, 4) is 0 Å². The summed E-state index contributed by atoms with van der Waals surface area (Å²) in [6.45, 7) is -2.49. The normalized spacial score (nSPS) is 151. The SMILES string of the molecule is P[C]12[CH]3[CH]4[CH]5[CH]1[Fe]45321678[CH]2[CH]1[CH]6[CH]7[CH]28.[Pd]. The van der Waals surface area contributed by atoms with Crippen molar-refractivity contribution in [1.82, 2.24) is 0 Å². The Morgan fingerprint density at radius 2 is 1.15 bits per heavy atom. The maximum Gasteiger partial charge on any atom is 0 e. The first kappa shape index (κ1) is 5.29. The molecule has 0 aromatic heterocycles. The van der Waals surface area contributed by atoms with Crippen LogP contribution in [0.3, 0.4) is 0 Å². The second-order valence-electron chi connectivity index (χ2n) is 9.74. The van der Waals surface area contributed by atoms with Crippen molar-refractivity contribution in [3.63, 3.8) is 0 Å². The van der Waals surface area contributed by atoms with Crippen LogP contribution < -0.4 is 0 Å². The zero-order valence-corrected chi connectivity index (χ0v) is 10.8. The summed E-state index contributed by atoms with van der Waals surface area (Å²) in [6, 6.07) is 0. The van der Waals surface area contributed by atoms with E-state index in [0.717, 1.165) is 4.05 Å². The van der Waals surface area contributed by atoms with Crippen LogP contribution in [0, 0.1) is 0 Å². The van der Waals surface area contributed by atoms with E-state index in [9.17, 15) is 0 Å². The molecule has 10 rings (SSSR count). The zero-order chi connectivity index (χ0) is 7.01. The van der Waals surface area contributed by atoms with E-state index in [1.807, 2.05) is 0 Å². The van der Waals surface area contributed by atoms with E-state index in [-0.39, 0.29) is 20.4 Å². The van der Waals surface area contributed by atoms with Crippen LogP contribution in [-0.4, -0.2) is 4.05 Å². The first-order valence-corrected chi connectivity index (χ1v) is 12.4. The fourth-order valence-corrected chi connectivity index (χ4v) is 99.1. The van der Waals surface area contributed by atoms with Gasteiger partial charge < -0.3 is 0 Å². The molecule has 0 nitrogen and oxygen atoms in total. The second kappa shape index (κ2) is 0.342. The van der Waals surface area contributed by atoms with Gasteiger partial charge in [-0.05, 0) is 0 Å². The largest absolute Gasteiger partial charge is 0 e. The number of rotatable bonds is 0. The van der Waals surface area contributed by atoms with Crippen molar-refractivity contribution in [2.24, 2.45) is 0 Å². The molecule has 0 aliphatic carbocycles. The van der Waals surface area contributed by atoms with Crippen LogP contribution in [0.2, 0.25) is 43.3 Å². The van der Waals surface area contributed by atoms with E-state index in [2.05, 4.69) is 9.24 Å². The molecule has 0 bridgehead atoms. The average molecular weight is 324 g/mol. The van der Waals surface area contributed by atoms with Crippen molar-refractivity contribution in [2.45, 2.75) is 47.4 Å². The van der Waals surface area contributed by atoms with Gasteiger partial charge in [-0.15, -0.1) is 0 Å². The van der Waals surface area contributed by atoms with Crippen LogP contribution in [0.25, 0.3) is 0 Å². The van der Waals surface area contributed by atoms with E-state index < -0.39 is 6.51 Å². The fraction of sp³-hybridized carbons (Fsp3) is 1.00. The van der Waals surface area contributed by atoms with Gasteiger partial charge in [-0.1, -0.05) is 0 Å². The van der Waals surface area contributed by atoms with Gasteiger partial charge in [0.15, 0.2) is 0 Å². The molecule has 5 unspecified atom stereocenters. The van der Waals surface area contributed by atoms with Crippen molar-refractivity contribution < 1.29 is 26.9 Å². The molecule has 10 heterocycles. The Morgan fingerprint density at radius 1 is 0.769 bits per heavy atom. The summed E-state index contributed by atoms with van der Waals surface area (Å²) in [5.41, 5.74) is 0. The molecular formula is C10H11FePPd.